The van der Waals surface area contributed by atoms with E-state index in [4.69, 9.17) is 16.3 Å². The number of esters is 1. The average Bonchev–Trinajstić information content (AvgIpc) is 3.40. The molecule has 184 valence electrons. The summed E-state index contributed by atoms with van der Waals surface area (Å²) in [6.45, 7) is 4.62. The monoisotopic (exact) mass is 500 g/mol. The highest BCUT2D eigenvalue weighted by atomic mass is 35.5. The van der Waals surface area contributed by atoms with Gasteiger partial charge in [0.2, 0.25) is 0 Å². The van der Waals surface area contributed by atoms with E-state index in [9.17, 15) is 4.79 Å². The Balaban J connectivity index is 1.31. The molecule has 1 saturated heterocycles. The minimum atomic E-state index is -0.457. The quantitative estimate of drug-likeness (QED) is 0.251. The van der Waals surface area contributed by atoms with E-state index in [2.05, 4.69) is 44.3 Å². The summed E-state index contributed by atoms with van der Waals surface area (Å²) in [5, 5.41) is 8.03. The molecule has 2 heterocycles. The van der Waals surface area contributed by atoms with Gasteiger partial charge in [0.15, 0.2) is 0 Å². The lowest BCUT2D eigenvalue weighted by Gasteiger charge is -2.36. The van der Waals surface area contributed by atoms with Gasteiger partial charge in [-0.25, -0.2) is 0 Å². The number of aromatic amines is 1. The van der Waals surface area contributed by atoms with Crippen molar-refractivity contribution >= 4 is 23.3 Å². The first-order valence-electron chi connectivity index (χ1n) is 12.3. The first-order chi connectivity index (χ1) is 17.7. The number of H-pyrrole nitrogens is 1. The number of benzene rings is 3. The molecule has 3 aromatic carbocycles. The third-order valence-electron chi connectivity index (χ3n) is 6.65. The van der Waals surface area contributed by atoms with Crippen molar-refractivity contribution in [2.24, 2.45) is 0 Å². The Bertz CT molecular complexity index is 1250. The number of carbonyl (C=O) groups is 1. The van der Waals surface area contributed by atoms with Crippen molar-refractivity contribution in [2.75, 3.05) is 37.6 Å². The number of ether oxygens (including phenoxy) is 1. The number of hydrogen-bond acceptors (Lipinski definition) is 5. The minimum absolute atomic E-state index is 0.277. The van der Waals surface area contributed by atoms with Gasteiger partial charge in [0.05, 0.1) is 17.8 Å². The van der Waals surface area contributed by atoms with Gasteiger partial charge in [-0.1, -0.05) is 60.1 Å². The number of anilines is 1. The molecule has 1 fully saturated rings. The summed E-state index contributed by atoms with van der Waals surface area (Å²) < 4.78 is 5.80. The lowest BCUT2D eigenvalue weighted by molar-refractivity contribution is -0.136. The average molecular weight is 501 g/mol. The van der Waals surface area contributed by atoms with Crippen LogP contribution < -0.4 is 9.64 Å². The summed E-state index contributed by atoms with van der Waals surface area (Å²) in [6, 6.07) is 27.3. The molecular formula is C29H29ClN4O2. The van der Waals surface area contributed by atoms with Gasteiger partial charge in [-0.15, -0.1) is 0 Å². The Morgan fingerprint density at radius 2 is 1.58 bits per heavy atom. The molecule has 0 bridgehead atoms. The molecule has 1 aliphatic heterocycles. The summed E-state index contributed by atoms with van der Waals surface area (Å²) >= 11 is 6.09. The minimum Gasteiger partial charge on any atom is -0.426 e. The van der Waals surface area contributed by atoms with Crippen LogP contribution in [0.25, 0.3) is 11.3 Å². The molecule has 1 aliphatic rings. The first kappa shape index (κ1) is 24.1. The predicted octanol–water partition coefficient (Wildman–Crippen LogP) is 5.63. The van der Waals surface area contributed by atoms with Crippen molar-refractivity contribution in [3.63, 3.8) is 0 Å². The number of nitrogens with one attached hydrogen (secondary N) is 1. The SMILES string of the molecule is O=C(Oc1ccccc1)C(CCN1CCN(c2ccccc2)CC1)c1cn[nH]c1-c1ccc(Cl)cc1. The van der Waals surface area contributed by atoms with E-state index in [1.165, 1.54) is 5.69 Å². The summed E-state index contributed by atoms with van der Waals surface area (Å²) in [6.07, 6.45) is 2.38. The van der Waals surface area contributed by atoms with Gasteiger partial charge in [0.1, 0.15) is 5.75 Å². The number of carbonyl (C=O) groups excluding carboxylic acids is 1. The molecule has 1 aromatic heterocycles. The fraction of sp³-hybridized carbons (Fsp3) is 0.241. The van der Waals surface area contributed by atoms with E-state index in [0.717, 1.165) is 49.5 Å². The van der Waals surface area contributed by atoms with Crippen LogP contribution in [0.5, 0.6) is 5.75 Å². The molecule has 1 unspecified atom stereocenters. The summed E-state index contributed by atoms with van der Waals surface area (Å²) in [4.78, 5) is 18.3. The molecule has 6 nitrogen and oxygen atoms in total. The topological polar surface area (TPSA) is 61.5 Å². The third-order valence-corrected chi connectivity index (χ3v) is 6.90. The van der Waals surface area contributed by atoms with Crippen molar-refractivity contribution < 1.29 is 9.53 Å². The lowest BCUT2D eigenvalue weighted by Crippen LogP contribution is -2.47. The maximum absolute atomic E-state index is 13.4. The highest BCUT2D eigenvalue weighted by Gasteiger charge is 2.29. The van der Waals surface area contributed by atoms with Crippen molar-refractivity contribution in [1.29, 1.82) is 0 Å². The molecule has 4 aromatic rings. The molecule has 1 atom stereocenters. The number of halogens is 1. The zero-order valence-electron chi connectivity index (χ0n) is 20.0. The van der Waals surface area contributed by atoms with Crippen LogP contribution in [0.4, 0.5) is 5.69 Å². The van der Waals surface area contributed by atoms with Gasteiger partial charge in [-0.3, -0.25) is 14.8 Å². The largest absolute Gasteiger partial charge is 0.426 e. The number of piperazine rings is 1. The summed E-state index contributed by atoms with van der Waals surface area (Å²) in [7, 11) is 0. The normalized spacial score (nSPS) is 15.0. The fourth-order valence-electron chi connectivity index (χ4n) is 4.66. The fourth-order valence-corrected chi connectivity index (χ4v) is 4.79. The van der Waals surface area contributed by atoms with Crippen LogP contribution in [0.15, 0.2) is 91.1 Å². The van der Waals surface area contributed by atoms with E-state index in [1.54, 1.807) is 18.3 Å². The molecule has 5 rings (SSSR count). The lowest BCUT2D eigenvalue weighted by atomic mass is 9.93. The van der Waals surface area contributed by atoms with Gasteiger partial charge >= 0.3 is 5.97 Å². The standard InChI is InChI=1S/C29H29ClN4O2/c30-23-13-11-22(12-14-23)28-27(21-31-32-28)26(29(35)36-25-9-5-2-6-10-25)15-16-33-17-19-34(20-18-33)24-7-3-1-4-8-24/h1-14,21,26H,15-20H2,(H,31,32). The van der Waals surface area contributed by atoms with E-state index < -0.39 is 5.92 Å². The number of aromatic nitrogens is 2. The number of rotatable bonds is 8. The molecule has 0 amide bonds. The van der Waals surface area contributed by atoms with E-state index in [0.29, 0.717) is 17.2 Å². The van der Waals surface area contributed by atoms with Gasteiger partial charge in [-0.05, 0) is 54.9 Å². The summed E-state index contributed by atoms with van der Waals surface area (Å²) in [5.74, 6) is -0.192. The van der Waals surface area contributed by atoms with Gasteiger partial charge in [-0.2, -0.15) is 5.10 Å². The van der Waals surface area contributed by atoms with Gasteiger partial charge < -0.3 is 9.64 Å². The van der Waals surface area contributed by atoms with E-state index in [-0.39, 0.29) is 5.97 Å². The predicted molar refractivity (Wildman–Crippen MR) is 144 cm³/mol. The molecule has 0 aliphatic carbocycles. The van der Waals surface area contributed by atoms with Crippen LogP contribution in [0.1, 0.15) is 17.9 Å². The maximum Gasteiger partial charge on any atom is 0.318 e. The second-order valence-electron chi connectivity index (χ2n) is 8.95. The summed E-state index contributed by atoms with van der Waals surface area (Å²) in [5.41, 5.74) is 3.84. The van der Waals surface area contributed by atoms with Crippen LogP contribution >= 0.6 is 11.6 Å². The Morgan fingerprint density at radius 1 is 0.917 bits per heavy atom. The third kappa shape index (κ3) is 5.78. The van der Waals surface area contributed by atoms with E-state index >= 15 is 0 Å². The molecule has 36 heavy (non-hydrogen) atoms. The highest BCUT2D eigenvalue weighted by Crippen LogP contribution is 2.32. The van der Waals surface area contributed by atoms with Crippen LogP contribution in [0.2, 0.25) is 5.02 Å². The maximum atomic E-state index is 13.4. The van der Waals surface area contributed by atoms with Crippen LogP contribution in [-0.2, 0) is 4.79 Å². The Hall–Kier alpha value is -3.61. The van der Waals surface area contributed by atoms with Gasteiger partial charge in [0.25, 0.3) is 0 Å². The molecular weight excluding hydrogens is 472 g/mol. The molecule has 7 heteroatoms. The highest BCUT2D eigenvalue weighted by molar-refractivity contribution is 6.30. The first-order valence-corrected chi connectivity index (χ1v) is 12.6. The van der Waals surface area contributed by atoms with Crippen LogP contribution in [0, 0.1) is 0 Å². The van der Waals surface area contributed by atoms with Crippen molar-refractivity contribution in [2.45, 2.75) is 12.3 Å². The Morgan fingerprint density at radius 3 is 2.28 bits per heavy atom. The second-order valence-corrected chi connectivity index (χ2v) is 9.38. The Labute approximate surface area is 216 Å². The van der Waals surface area contributed by atoms with Crippen LogP contribution in [0.3, 0.4) is 0 Å². The second kappa shape index (κ2) is 11.4. The smallest absolute Gasteiger partial charge is 0.318 e. The number of hydrogen-bond donors (Lipinski definition) is 1. The van der Waals surface area contributed by atoms with Crippen molar-refractivity contribution in [3.8, 4) is 17.0 Å². The zero-order chi connectivity index (χ0) is 24.7. The molecule has 1 N–H and O–H groups in total. The van der Waals surface area contributed by atoms with Crippen molar-refractivity contribution in [1.82, 2.24) is 15.1 Å². The number of nitrogens with zero attached hydrogens (tertiary/aromatic N) is 3. The molecule has 0 radical (unpaired) electrons. The number of para-hydroxylation sites is 2. The van der Waals surface area contributed by atoms with Gasteiger partial charge in [0, 0.05) is 42.5 Å². The Kier molecular flexibility index (Phi) is 7.64. The van der Waals surface area contributed by atoms with E-state index in [1.807, 2.05) is 48.5 Å². The molecule has 0 saturated carbocycles. The van der Waals surface area contributed by atoms with Crippen LogP contribution in [-0.4, -0.2) is 53.8 Å². The zero-order valence-corrected chi connectivity index (χ0v) is 20.8. The van der Waals surface area contributed by atoms with Crippen molar-refractivity contribution in [3.05, 3.63) is 102 Å². The molecule has 0 spiro atoms.